The summed E-state index contributed by atoms with van der Waals surface area (Å²) in [5.41, 5.74) is 8.73. The topological polar surface area (TPSA) is 92.0 Å². The molecule has 7 heteroatoms. The fourth-order valence-corrected chi connectivity index (χ4v) is 3.70. The zero-order valence-corrected chi connectivity index (χ0v) is 21.6. The molecule has 0 saturated carbocycles. The van der Waals surface area contributed by atoms with Crippen molar-refractivity contribution < 1.29 is 9.90 Å². The van der Waals surface area contributed by atoms with Gasteiger partial charge in [0, 0.05) is 28.1 Å². The van der Waals surface area contributed by atoms with Crippen LogP contribution in [0.3, 0.4) is 0 Å². The minimum Gasteiger partial charge on any atom is -0.478 e. The minimum atomic E-state index is -0.954. The van der Waals surface area contributed by atoms with E-state index in [0.717, 1.165) is 27.8 Å². The summed E-state index contributed by atoms with van der Waals surface area (Å²) < 4.78 is 0.948. The van der Waals surface area contributed by atoms with E-state index < -0.39 is 5.97 Å². The maximum atomic E-state index is 11.5. The molecule has 0 unspecified atom stereocenters. The molecule has 5 nitrogen and oxygen atoms in total. The Labute approximate surface area is 211 Å². The lowest BCUT2D eigenvalue weighted by molar-refractivity contribution is 0.0698. The van der Waals surface area contributed by atoms with E-state index in [2.05, 4.69) is 32.8 Å². The Kier molecular flexibility index (Phi) is 14.4. The van der Waals surface area contributed by atoms with Crippen LogP contribution in [-0.2, 0) is 0 Å². The molecule has 0 atom stereocenters. The van der Waals surface area contributed by atoms with Gasteiger partial charge in [0.15, 0.2) is 0 Å². The van der Waals surface area contributed by atoms with E-state index in [9.17, 15) is 9.90 Å². The zero-order valence-electron chi connectivity index (χ0n) is 19.2. The highest BCUT2D eigenvalue weighted by Gasteiger charge is 2.16. The van der Waals surface area contributed by atoms with Gasteiger partial charge in [0.05, 0.1) is 11.3 Å². The number of carboxylic acid groups (broad SMARTS) is 1. The zero-order chi connectivity index (χ0) is 23.2. The first kappa shape index (κ1) is 28.9. The summed E-state index contributed by atoms with van der Waals surface area (Å²) in [5, 5.41) is 9.40. The molecule has 2 aromatic heterocycles. The summed E-state index contributed by atoms with van der Waals surface area (Å²) in [5.74, 6) is -0.954. The Balaban J connectivity index is 0.000000391. The van der Waals surface area contributed by atoms with Crippen molar-refractivity contribution in [2.75, 3.05) is 6.54 Å². The number of carboxylic acids is 1. The van der Waals surface area contributed by atoms with E-state index in [0.29, 0.717) is 5.69 Å². The highest BCUT2D eigenvalue weighted by molar-refractivity contribution is 9.10. The number of hydrogen-bond donors (Lipinski definition) is 3. The first-order chi connectivity index (χ1) is 15.6. The molecule has 0 fully saturated rings. The number of nitrogens with zero attached hydrogens (tertiary/aromatic N) is 1. The van der Waals surface area contributed by atoms with E-state index in [1.807, 2.05) is 36.4 Å². The predicted molar refractivity (Wildman–Crippen MR) is 143 cm³/mol. The van der Waals surface area contributed by atoms with Crippen LogP contribution < -0.4 is 5.73 Å². The van der Waals surface area contributed by atoms with E-state index in [-0.39, 0.29) is 18.0 Å². The van der Waals surface area contributed by atoms with Crippen molar-refractivity contribution in [2.45, 2.75) is 58.3 Å². The molecule has 2 heterocycles. The van der Waals surface area contributed by atoms with Crippen molar-refractivity contribution in [1.82, 2.24) is 9.97 Å². The molecule has 0 saturated heterocycles. The van der Waals surface area contributed by atoms with Crippen molar-refractivity contribution >= 4 is 34.3 Å². The van der Waals surface area contributed by atoms with Gasteiger partial charge in [0.25, 0.3) is 0 Å². The Hall–Kier alpha value is -2.15. The number of pyridine rings is 1. The standard InChI is InChI=1S/C16H11BrN2O2.C10H23N.ClH/c17-12-3-1-11(2-4-12)15-13(16(20)21)9-14(19-15)10-5-7-18-8-6-10;1-2-3-4-5-6-7-8-9-10-11;/h1-9,19H,(H,20,21);2-11H2,1H3;1H. The molecule has 0 aliphatic heterocycles. The molecular formula is C26H35BrClN3O2. The largest absolute Gasteiger partial charge is 0.478 e. The molecular weight excluding hydrogens is 502 g/mol. The molecule has 4 N–H and O–H groups in total. The number of unbranched alkanes of at least 4 members (excludes halogenated alkanes) is 7. The number of H-pyrrole nitrogens is 1. The Morgan fingerprint density at radius 1 is 0.939 bits per heavy atom. The Morgan fingerprint density at radius 2 is 1.52 bits per heavy atom. The van der Waals surface area contributed by atoms with Crippen molar-refractivity contribution in [2.24, 2.45) is 5.73 Å². The van der Waals surface area contributed by atoms with Gasteiger partial charge in [-0.05, 0) is 48.9 Å². The Morgan fingerprint density at radius 3 is 2.06 bits per heavy atom. The van der Waals surface area contributed by atoms with Crippen LogP contribution in [0.25, 0.3) is 22.5 Å². The van der Waals surface area contributed by atoms with Crippen LogP contribution >= 0.6 is 28.3 Å². The van der Waals surface area contributed by atoms with Crippen LogP contribution in [0.4, 0.5) is 0 Å². The van der Waals surface area contributed by atoms with Crippen LogP contribution in [-0.4, -0.2) is 27.6 Å². The lowest BCUT2D eigenvalue weighted by atomic mass is 10.1. The van der Waals surface area contributed by atoms with Crippen molar-refractivity contribution in [3.05, 3.63) is 64.9 Å². The minimum absolute atomic E-state index is 0. The number of nitrogens with one attached hydrogen (secondary N) is 1. The Bertz CT molecular complexity index is 922. The maximum Gasteiger partial charge on any atom is 0.337 e. The molecule has 3 aromatic rings. The van der Waals surface area contributed by atoms with Gasteiger partial charge < -0.3 is 15.8 Å². The second kappa shape index (κ2) is 16.5. The molecule has 1 aromatic carbocycles. The lowest BCUT2D eigenvalue weighted by Crippen LogP contribution is -1.97. The number of aromatic nitrogens is 2. The third kappa shape index (κ3) is 10.1. The van der Waals surface area contributed by atoms with Gasteiger partial charge >= 0.3 is 5.97 Å². The number of aromatic carboxylic acids is 1. The number of carbonyl (C=O) groups is 1. The number of benzene rings is 1. The summed E-state index contributed by atoms with van der Waals surface area (Å²) in [6.07, 6.45) is 14.3. The molecule has 0 radical (unpaired) electrons. The third-order valence-electron chi connectivity index (χ3n) is 5.23. The van der Waals surface area contributed by atoms with Crippen LogP contribution in [0.2, 0.25) is 0 Å². The van der Waals surface area contributed by atoms with Gasteiger partial charge in [-0.3, -0.25) is 4.98 Å². The first-order valence-electron chi connectivity index (χ1n) is 11.4. The van der Waals surface area contributed by atoms with Crippen LogP contribution in [0.1, 0.15) is 68.6 Å². The van der Waals surface area contributed by atoms with E-state index in [4.69, 9.17) is 5.73 Å². The van der Waals surface area contributed by atoms with E-state index >= 15 is 0 Å². The summed E-state index contributed by atoms with van der Waals surface area (Å²) >= 11 is 3.37. The second-order valence-electron chi connectivity index (χ2n) is 7.78. The fraction of sp³-hybridized carbons (Fsp3) is 0.385. The van der Waals surface area contributed by atoms with Crippen molar-refractivity contribution in [1.29, 1.82) is 0 Å². The van der Waals surface area contributed by atoms with Gasteiger partial charge in [0.2, 0.25) is 0 Å². The number of rotatable bonds is 11. The smallest absolute Gasteiger partial charge is 0.337 e. The molecule has 0 aliphatic rings. The van der Waals surface area contributed by atoms with Crippen molar-refractivity contribution in [3.8, 4) is 22.5 Å². The van der Waals surface area contributed by atoms with E-state index in [1.165, 1.54) is 51.4 Å². The van der Waals surface area contributed by atoms with Gasteiger partial charge in [-0.15, -0.1) is 12.4 Å². The van der Waals surface area contributed by atoms with Gasteiger partial charge in [-0.1, -0.05) is 79.9 Å². The number of nitrogens with two attached hydrogens (primary N) is 1. The summed E-state index contributed by atoms with van der Waals surface area (Å²) in [7, 11) is 0. The van der Waals surface area contributed by atoms with Gasteiger partial charge in [0.1, 0.15) is 0 Å². The highest BCUT2D eigenvalue weighted by atomic mass is 79.9. The molecule has 0 amide bonds. The summed E-state index contributed by atoms with van der Waals surface area (Å²) in [6, 6.07) is 12.8. The average molecular weight is 537 g/mol. The fourth-order valence-electron chi connectivity index (χ4n) is 3.43. The van der Waals surface area contributed by atoms with Gasteiger partial charge in [-0.25, -0.2) is 4.79 Å². The highest BCUT2D eigenvalue weighted by Crippen LogP contribution is 2.29. The number of halogens is 2. The molecule has 0 aliphatic carbocycles. The molecule has 0 bridgehead atoms. The number of aromatic amines is 1. The molecule has 33 heavy (non-hydrogen) atoms. The third-order valence-corrected chi connectivity index (χ3v) is 5.76. The summed E-state index contributed by atoms with van der Waals surface area (Å²) in [4.78, 5) is 18.6. The maximum absolute atomic E-state index is 11.5. The van der Waals surface area contributed by atoms with E-state index in [1.54, 1.807) is 18.5 Å². The first-order valence-corrected chi connectivity index (χ1v) is 12.2. The normalized spacial score (nSPS) is 10.2. The SMILES string of the molecule is CCCCCCCCCCN.Cl.O=C(O)c1cc(-c2ccncc2)[nH]c1-c1ccc(Br)cc1. The summed E-state index contributed by atoms with van der Waals surface area (Å²) in [6.45, 7) is 3.13. The average Bonchev–Trinajstić information content (AvgIpc) is 3.26. The van der Waals surface area contributed by atoms with Crippen LogP contribution in [0.5, 0.6) is 0 Å². The monoisotopic (exact) mass is 535 g/mol. The van der Waals surface area contributed by atoms with Gasteiger partial charge in [-0.2, -0.15) is 0 Å². The second-order valence-corrected chi connectivity index (χ2v) is 8.70. The quantitative estimate of drug-likeness (QED) is 0.219. The van der Waals surface area contributed by atoms with Crippen LogP contribution in [0.15, 0.2) is 59.3 Å². The molecule has 180 valence electrons. The molecule has 0 spiro atoms. The molecule has 3 rings (SSSR count). The van der Waals surface area contributed by atoms with Crippen molar-refractivity contribution in [3.63, 3.8) is 0 Å². The lowest BCUT2D eigenvalue weighted by Gasteiger charge is -2.01. The van der Waals surface area contributed by atoms with Crippen LogP contribution in [0, 0.1) is 0 Å². The predicted octanol–water partition coefficient (Wildman–Crippen LogP) is 7.71. The number of hydrogen-bond acceptors (Lipinski definition) is 3.